The molecule has 12 nitrogen and oxygen atoms in total. The summed E-state index contributed by atoms with van der Waals surface area (Å²) < 4.78 is 21.7. The maximum atomic E-state index is 13.7. The molecular formula is C29H42N4O8. The third-order valence-electron chi connectivity index (χ3n) is 7.73. The lowest BCUT2D eigenvalue weighted by Gasteiger charge is -2.27. The molecule has 0 spiro atoms. The Morgan fingerprint density at radius 1 is 1.02 bits per heavy atom. The van der Waals surface area contributed by atoms with Gasteiger partial charge in [-0.15, -0.1) is 0 Å². The van der Waals surface area contributed by atoms with Gasteiger partial charge in [-0.3, -0.25) is 24.1 Å². The van der Waals surface area contributed by atoms with Crippen molar-refractivity contribution >= 4 is 23.5 Å². The van der Waals surface area contributed by atoms with Gasteiger partial charge in [0, 0.05) is 32.5 Å². The highest BCUT2D eigenvalue weighted by Gasteiger charge is 2.50. The summed E-state index contributed by atoms with van der Waals surface area (Å²) in [7, 11) is 1.56. The number of epoxide rings is 1. The van der Waals surface area contributed by atoms with Crippen LogP contribution in [0.3, 0.4) is 0 Å². The number of Topliss-reactive ketones (excluding diaryl/α,β-unsaturated/α-hetero) is 1. The zero-order valence-corrected chi connectivity index (χ0v) is 24.1. The topological polar surface area (TPSA) is 148 Å². The number of hydrogen-bond acceptors (Lipinski definition) is 9. The van der Waals surface area contributed by atoms with Crippen LogP contribution in [0, 0.1) is 0 Å². The number of ketones is 1. The first kappa shape index (κ1) is 30.9. The van der Waals surface area contributed by atoms with E-state index in [2.05, 4.69) is 16.0 Å². The first-order valence-corrected chi connectivity index (χ1v) is 14.3. The van der Waals surface area contributed by atoms with Crippen LogP contribution < -0.4 is 20.7 Å². The minimum absolute atomic E-state index is 0.136. The average molecular weight is 575 g/mol. The lowest BCUT2D eigenvalue weighted by molar-refractivity contribution is -0.134. The number of carbonyl (C=O) groups excluding carboxylic acids is 4. The second-order valence-electron chi connectivity index (χ2n) is 11.1. The van der Waals surface area contributed by atoms with Crippen LogP contribution in [0.1, 0.15) is 38.7 Å². The number of ether oxygens (including phenoxy) is 4. The van der Waals surface area contributed by atoms with E-state index in [0.717, 1.165) is 18.4 Å². The minimum atomic E-state index is -0.998. The Hall–Kier alpha value is -3.06. The van der Waals surface area contributed by atoms with Gasteiger partial charge in [0.1, 0.15) is 23.4 Å². The number of morpholine rings is 1. The highest BCUT2D eigenvalue weighted by Crippen LogP contribution is 2.30. The van der Waals surface area contributed by atoms with Crippen molar-refractivity contribution in [2.24, 2.45) is 0 Å². The number of amides is 3. The van der Waals surface area contributed by atoms with E-state index in [-0.39, 0.29) is 30.8 Å². The molecule has 0 bridgehead atoms. The third kappa shape index (κ3) is 8.96. The predicted molar refractivity (Wildman–Crippen MR) is 148 cm³/mol. The maximum absolute atomic E-state index is 13.7. The van der Waals surface area contributed by atoms with Gasteiger partial charge in [-0.05, 0) is 44.4 Å². The molecule has 3 saturated heterocycles. The predicted octanol–water partition coefficient (Wildman–Crippen LogP) is -0.0287. The third-order valence-corrected chi connectivity index (χ3v) is 7.73. The zero-order chi connectivity index (χ0) is 29.4. The van der Waals surface area contributed by atoms with Crippen LogP contribution in [0.2, 0.25) is 0 Å². The van der Waals surface area contributed by atoms with Gasteiger partial charge < -0.3 is 34.9 Å². The van der Waals surface area contributed by atoms with Crippen LogP contribution in [0.15, 0.2) is 24.3 Å². The maximum Gasteiger partial charge on any atom is 0.243 e. The fraction of sp³-hybridized carbons (Fsp3) is 0.655. The van der Waals surface area contributed by atoms with Gasteiger partial charge in [-0.1, -0.05) is 12.1 Å². The van der Waals surface area contributed by atoms with Gasteiger partial charge in [-0.25, -0.2) is 0 Å². The van der Waals surface area contributed by atoms with Crippen molar-refractivity contribution in [1.29, 1.82) is 0 Å². The molecule has 3 N–H and O–H groups in total. The van der Waals surface area contributed by atoms with Gasteiger partial charge >= 0.3 is 0 Å². The summed E-state index contributed by atoms with van der Waals surface area (Å²) in [5, 5.41) is 8.39. The van der Waals surface area contributed by atoms with E-state index >= 15 is 0 Å². The molecule has 1 aromatic rings. The molecule has 0 aromatic heterocycles. The van der Waals surface area contributed by atoms with Crippen LogP contribution in [0.4, 0.5) is 0 Å². The van der Waals surface area contributed by atoms with Crippen molar-refractivity contribution in [2.45, 2.75) is 69.4 Å². The SMILES string of the molecule is COc1ccc(C[C@H](NC(=O)[C@H](C)NC(=O)CN2CCOCC2)C(=O)N[C@@H](CC2CCCO2)C(=O)[C@@]2(C)CO2)cc1. The van der Waals surface area contributed by atoms with E-state index in [9.17, 15) is 19.2 Å². The molecule has 0 saturated carbocycles. The molecule has 12 heteroatoms. The van der Waals surface area contributed by atoms with Gasteiger partial charge in [-0.2, -0.15) is 0 Å². The molecule has 1 aromatic carbocycles. The van der Waals surface area contributed by atoms with Crippen LogP contribution in [-0.4, -0.2) is 111 Å². The van der Waals surface area contributed by atoms with Gasteiger partial charge in [0.15, 0.2) is 5.78 Å². The van der Waals surface area contributed by atoms with E-state index in [1.807, 2.05) is 17.0 Å². The molecule has 41 heavy (non-hydrogen) atoms. The Morgan fingerprint density at radius 3 is 2.32 bits per heavy atom. The van der Waals surface area contributed by atoms with E-state index < -0.39 is 35.5 Å². The monoisotopic (exact) mass is 574 g/mol. The second kappa shape index (κ2) is 14.2. The lowest BCUT2D eigenvalue weighted by Crippen LogP contribution is -2.57. The molecule has 3 aliphatic rings. The van der Waals surface area contributed by atoms with Crippen molar-refractivity contribution in [3.63, 3.8) is 0 Å². The van der Waals surface area contributed by atoms with Gasteiger partial charge in [0.05, 0.1) is 45.6 Å². The summed E-state index contributed by atoms with van der Waals surface area (Å²) in [5.41, 5.74) is -0.139. The fourth-order valence-corrected chi connectivity index (χ4v) is 5.03. The number of hydrogen-bond donors (Lipinski definition) is 3. The van der Waals surface area contributed by atoms with Crippen LogP contribution in [0.5, 0.6) is 5.75 Å². The van der Waals surface area contributed by atoms with Crippen LogP contribution >= 0.6 is 0 Å². The fourth-order valence-electron chi connectivity index (χ4n) is 5.03. The minimum Gasteiger partial charge on any atom is -0.497 e. The molecule has 3 amide bonds. The number of nitrogens with zero attached hydrogens (tertiary/aromatic N) is 1. The molecule has 3 aliphatic heterocycles. The first-order valence-electron chi connectivity index (χ1n) is 14.3. The number of nitrogens with one attached hydrogen (secondary N) is 3. The zero-order valence-electron chi connectivity index (χ0n) is 24.1. The summed E-state index contributed by atoms with van der Waals surface area (Å²) in [6.45, 7) is 6.79. The molecule has 3 heterocycles. The number of carbonyl (C=O) groups is 4. The molecule has 226 valence electrons. The molecule has 5 atom stereocenters. The molecule has 1 unspecified atom stereocenters. The molecule has 3 fully saturated rings. The van der Waals surface area contributed by atoms with Crippen molar-refractivity contribution in [1.82, 2.24) is 20.9 Å². The Bertz CT molecular complexity index is 1070. The molecule has 0 aliphatic carbocycles. The highest BCUT2D eigenvalue weighted by atomic mass is 16.6. The Kier molecular flexibility index (Phi) is 10.7. The van der Waals surface area contributed by atoms with Crippen LogP contribution in [0.25, 0.3) is 0 Å². The van der Waals surface area contributed by atoms with Crippen molar-refractivity contribution in [3.8, 4) is 5.75 Å². The van der Waals surface area contributed by atoms with Crippen molar-refractivity contribution in [2.75, 3.05) is 53.2 Å². The summed E-state index contributed by atoms with van der Waals surface area (Å²) >= 11 is 0. The highest BCUT2D eigenvalue weighted by molar-refractivity contribution is 5.98. The van der Waals surface area contributed by atoms with E-state index in [1.165, 1.54) is 0 Å². The normalized spacial score (nSPS) is 24.5. The van der Waals surface area contributed by atoms with Crippen molar-refractivity contribution in [3.05, 3.63) is 29.8 Å². The summed E-state index contributed by atoms with van der Waals surface area (Å²) in [5.74, 6) is -0.837. The smallest absolute Gasteiger partial charge is 0.243 e. The number of benzene rings is 1. The number of rotatable bonds is 14. The Balaban J connectivity index is 1.43. The summed E-state index contributed by atoms with van der Waals surface area (Å²) in [6, 6.07) is 4.48. The standard InChI is InChI=1S/C29H42N4O8/c1-19(30-25(34)17-33-10-13-39-14-11-33)27(36)32-24(15-20-6-8-21(38-3)9-7-20)28(37)31-23(16-22-5-4-12-40-22)26(35)29(2)18-41-29/h6-9,19,22-24H,4-5,10-18H2,1-3H3,(H,30,34)(H,31,37)(H,32,36)/t19-,22?,23-,24-,29+/m0/s1. The van der Waals surface area contributed by atoms with Crippen LogP contribution in [-0.2, 0) is 39.8 Å². The first-order chi connectivity index (χ1) is 19.7. The quantitative estimate of drug-likeness (QED) is 0.261. The van der Waals surface area contributed by atoms with Crippen molar-refractivity contribution < 1.29 is 38.1 Å². The van der Waals surface area contributed by atoms with Gasteiger partial charge in [0.25, 0.3) is 0 Å². The van der Waals surface area contributed by atoms with E-state index in [0.29, 0.717) is 51.7 Å². The molecule has 0 radical (unpaired) electrons. The molecular weight excluding hydrogens is 532 g/mol. The summed E-state index contributed by atoms with van der Waals surface area (Å²) in [6.07, 6.45) is 2.08. The Morgan fingerprint density at radius 2 is 1.71 bits per heavy atom. The molecule has 4 rings (SSSR count). The largest absolute Gasteiger partial charge is 0.497 e. The summed E-state index contributed by atoms with van der Waals surface area (Å²) in [4.78, 5) is 54.6. The van der Waals surface area contributed by atoms with E-state index in [1.54, 1.807) is 33.1 Å². The second-order valence-corrected chi connectivity index (χ2v) is 11.1. The number of methoxy groups -OCH3 is 1. The lowest BCUT2D eigenvalue weighted by atomic mass is 9.94. The van der Waals surface area contributed by atoms with Gasteiger partial charge in [0.2, 0.25) is 17.7 Å². The van der Waals surface area contributed by atoms with E-state index in [4.69, 9.17) is 18.9 Å². The Labute approximate surface area is 240 Å². The average Bonchev–Trinajstić information content (AvgIpc) is 3.51.